The molecule has 5 N–H and O–H groups in total. The maximum Gasteiger partial charge on any atom is 0.242 e. The molecule has 3 heterocycles. The van der Waals surface area contributed by atoms with E-state index in [-0.39, 0.29) is 17.1 Å². The van der Waals surface area contributed by atoms with Crippen LogP contribution in [0.25, 0.3) is 0 Å². The van der Waals surface area contributed by atoms with Crippen molar-refractivity contribution in [2.75, 3.05) is 42.8 Å². The van der Waals surface area contributed by atoms with E-state index in [1.807, 2.05) is 0 Å². The van der Waals surface area contributed by atoms with E-state index in [0.717, 1.165) is 18.5 Å². The molecule has 2 aromatic rings. The lowest BCUT2D eigenvalue weighted by Crippen LogP contribution is -2.53. The molecule has 4 rings (SSSR count). The number of ether oxygens (including phenoxy) is 2. The van der Waals surface area contributed by atoms with Gasteiger partial charge in [-0.1, -0.05) is 12.1 Å². The molecule has 174 valence electrons. The predicted octanol–water partition coefficient (Wildman–Crippen LogP) is 1.21. The molecule has 32 heavy (non-hydrogen) atoms. The topological polar surface area (TPSA) is 139 Å². The smallest absolute Gasteiger partial charge is 0.242 e. The van der Waals surface area contributed by atoms with E-state index in [1.165, 1.54) is 0 Å². The first-order chi connectivity index (χ1) is 15.4. The number of hydrogen-bond acceptors (Lipinski definition) is 10. The Kier molecular flexibility index (Phi) is 6.76. The zero-order valence-electron chi connectivity index (χ0n) is 18.3. The summed E-state index contributed by atoms with van der Waals surface area (Å²) in [4.78, 5) is 9.38. The molecular formula is C20H29N7O4S. The Balaban J connectivity index is 1.65. The van der Waals surface area contributed by atoms with Gasteiger partial charge in [-0.3, -0.25) is 5.32 Å². The molecule has 1 fully saturated rings. The minimum Gasteiger partial charge on any atom is -0.369 e. The molecule has 2 unspecified atom stereocenters. The van der Waals surface area contributed by atoms with Crippen molar-refractivity contribution in [2.24, 2.45) is 0 Å². The number of benzene rings is 1. The van der Waals surface area contributed by atoms with Crippen LogP contribution in [0, 0.1) is 0 Å². The fourth-order valence-corrected chi connectivity index (χ4v) is 5.10. The highest BCUT2D eigenvalue weighted by Gasteiger charge is 2.28. The molecule has 1 saturated heterocycles. The van der Waals surface area contributed by atoms with E-state index < -0.39 is 16.3 Å². The lowest BCUT2D eigenvalue weighted by atomic mass is 10.2. The van der Waals surface area contributed by atoms with Crippen LogP contribution in [0.4, 0.5) is 23.3 Å². The molecule has 0 spiro atoms. The van der Waals surface area contributed by atoms with Gasteiger partial charge in [0.1, 0.15) is 22.7 Å². The molecule has 0 amide bonds. The summed E-state index contributed by atoms with van der Waals surface area (Å²) in [5.41, 5.74) is 1.34. The van der Waals surface area contributed by atoms with Gasteiger partial charge in [-0.25, -0.2) is 13.1 Å². The van der Waals surface area contributed by atoms with Gasteiger partial charge in [-0.05, 0) is 32.4 Å². The van der Waals surface area contributed by atoms with E-state index in [2.05, 4.69) is 36.0 Å². The summed E-state index contributed by atoms with van der Waals surface area (Å²) in [6, 6.07) is 6.53. The summed E-state index contributed by atoms with van der Waals surface area (Å²) < 4.78 is 39.3. The minimum atomic E-state index is -3.70. The van der Waals surface area contributed by atoms with Crippen LogP contribution in [-0.2, 0) is 25.9 Å². The second-order valence-electron chi connectivity index (χ2n) is 7.85. The fourth-order valence-electron chi connectivity index (χ4n) is 3.69. The molecule has 12 heteroatoms. The van der Waals surface area contributed by atoms with Gasteiger partial charge in [0.25, 0.3) is 0 Å². The Morgan fingerprint density at radius 3 is 2.81 bits per heavy atom. The number of nitrogens with one attached hydrogen (secondary N) is 5. The first-order valence-corrected chi connectivity index (χ1v) is 12.0. The standard InChI is InChI=1S/C20H29N7O4S/c1-12(2)27-32(28,29)15-7-5-4-6-14(15)23-17-13-8-9-21-16(13)24-20(25-17)26-18-19(30-3)31-11-10-22-18/h4-7,12,18-19,22,27H,8-11H2,1-3H3,(H3,21,23,24,25,26). The summed E-state index contributed by atoms with van der Waals surface area (Å²) in [7, 11) is -2.12. The van der Waals surface area contributed by atoms with E-state index in [9.17, 15) is 8.42 Å². The highest BCUT2D eigenvalue weighted by molar-refractivity contribution is 7.89. The quantitative estimate of drug-likeness (QED) is 0.388. The van der Waals surface area contributed by atoms with Crippen molar-refractivity contribution < 1.29 is 17.9 Å². The number of para-hydroxylation sites is 1. The van der Waals surface area contributed by atoms with Crippen LogP contribution in [0.15, 0.2) is 29.2 Å². The number of sulfonamides is 1. The van der Waals surface area contributed by atoms with E-state index >= 15 is 0 Å². The molecule has 11 nitrogen and oxygen atoms in total. The first kappa shape index (κ1) is 22.7. The summed E-state index contributed by atoms with van der Waals surface area (Å²) in [5.74, 6) is 1.61. The van der Waals surface area contributed by atoms with Gasteiger partial charge < -0.3 is 25.4 Å². The molecule has 0 radical (unpaired) electrons. The molecule has 1 aromatic heterocycles. The largest absolute Gasteiger partial charge is 0.369 e. The molecule has 1 aromatic carbocycles. The second-order valence-corrected chi connectivity index (χ2v) is 9.53. The van der Waals surface area contributed by atoms with Gasteiger partial charge in [-0.2, -0.15) is 9.97 Å². The average molecular weight is 464 g/mol. The van der Waals surface area contributed by atoms with Gasteiger partial charge in [-0.15, -0.1) is 0 Å². The van der Waals surface area contributed by atoms with E-state index in [0.29, 0.717) is 36.4 Å². The number of hydrogen-bond donors (Lipinski definition) is 5. The third-order valence-corrected chi connectivity index (χ3v) is 6.75. The van der Waals surface area contributed by atoms with Crippen molar-refractivity contribution in [3.05, 3.63) is 29.8 Å². The van der Waals surface area contributed by atoms with Gasteiger partial charge in [0.05, 0.1) is 12.3 Å². The maximum atomic E-state index is 12.8. The van der Waals surface area contributed by atoms with Crippen LogP contribution in [-0.4, -0.2) is 63.7 Å². The van der Waals surface area contributed by atoms with Crippen LogP contribution >= 0.6 is 0 Å². The first-order valence-electron chi connectivity index (χ1n) is 10.5. The Bertz CT molecular complexity index is 1060. The van der Waals surface area contributed by atoms with Crippen molar-refractivity contribution in [1.29, 1.82) is 0 Å². The third-order valence-electron chi connectivity index (χ3n) is 5.03. The van der Waals surface area contributed by atoms with Crippen LogP contribution < -0.4 is 26.0 Å². The van der Waals surface area contributed by atoms with Crippen molar-refractivity contribution in [1.82, 2.24) is 20.0 Å². The summed E-state index contributed by atoms with van der Waals surface area (Å²) >= 11 is 0. The number of anilines is 4. The normalized spacial score (nSPS) is 20.6. The van der Waals surface area contributed by atoms with Crippen LogP contribution in [0.1, 0.15) is 19.4 Å². The zero-order valence-corrected chi connectivity index (χ0v) is 19.1. The number of aromatic nitrogens is 2. The number of nitrogens with zero attached hydrogens (tertiary/aromatic N) is 2. The highest BCUT2D eigenvalue weighted by Crippen LogP contribution is 2.32. The van der Waals surface area contributed by atoms with Crippen molar-refractivity contribution >= 4 is 33.3 Å². The Morgan fingerprint density at radius 1 is 1.22 bits per heavy atom. The Labute approximate surface area is 187 Å². The Hall–Kier alpha value is -2.51. The summed E-state index contributed by atoms with van der Waals surface area (Å²) in [5, 5.41) is 13.0. The van der Waals surface area contributed by atoms with Gasteiger partial charge in [0.2, 0.25) is 16.0 Å². The summed E-state index contributed by atoms with van der Waals surface area (Å²) in [6.45, 7) is 5.50. The number of morpholine rings is 1. The summed E-state index contributed by atoms with van der Waals surface area (Å²) in [6.07, 6.45) is -0.0929. The van der Waals surface area contributed by atoms with Crippen molar-refractivity contribution in [2.45, 2.75) is 43.7 Å². The van der Waals surface area contributed by atoms with Crippen LogP contribution in [0.2, 0.25) is 0 Å². The fraction of sp³-hybridized carbons (Fsp3) is 0.500. The van der Waals surface area contributed by atoms with Crippen LogP contribution in [0.5, 0.6) is 0 Å². The number of methoxy groups -OCH3 is 1. The number of rotatable bonds is 8. The van der Waals surface area contributed by atoms with Crippen LogP contribution in [0.3, 0.4) is 0 Å². The zero-order chi connectivity index (χ0) is 22.7. The van der Waals surface area contributed by atoms with Crippen molar-refractivity contribution in [3.63, 3.8) is 0 Å². The lowest BCUT2D eigenvalue weighted by Gasteiger charge is -2.32. The molecular weight excluding hydrogens is 434 g/mol. The second kappa shape index (κ2) is 9.55. The SMILES string of the molecule is COC1OCCNC1Nc1nc2c(c(Nc3ccccc3S(=O)(=O)NC(C)C)n1)CCN2. The maximum absolute atomic E-state index is 12.8. The molecule has 2 atom stereocenters. The molecule has 0 saturated carbocycles. The van der Waals surface area contributed by atoms with E-state index in [4.69, 9.17) is 9.47 Å². The van der Waals surface area contributed by atoms with Gasteiger partial charge in [0.15, 0.2) is 6.29 Å². The Morgan fingerprint density at radius 2 is 2.03 bits per heavy atom. The van der Waals surface area contributed by atoms with Gasteiger partial charge >= 0.3 is 0 Å². The molecule has 2 aliphatic heterocycles. The van der Waals surface area contributed by atoms with E-state index in [1.54, 1.807) is 45.2 Å². The third kappa shape index (κ3) is 4.94. The van der Waals surface area contributed by atoms with Crippen molar-refractivity contribution in [3.8, 4) is 0 Å². The van der Waals surface area contributed by atoms with Gasteiger partial charge in [0, 0.05) is 31.8 Å². The number of fused-ring (bicyclic) bond motifs is 1. The highest BCUT2D eigenvalue weighted by atomic mass is 32.2. The monoisotopic (exact) mass is 463 g/mol. The average Bonchev–Trinajstić information content (AvgIpc) is 3.22. The minimum absolute atomic E-state index is 0.156. The molecule has 0 bridgehead atoms. The molecule has 2 aliphatic rings. The lowest BCUT2D eigenvalue weighted by molar-refractivity contribution is -0.154. The predicted molar refractivity (Wildman–Crippen MR) is 122 cm³/mol. The molecule has 0 aliphatic carbocycles.